The van der Waals surface area contributed by atoms with Gasteiger partial charge in [0.1, 0.15) is 10.7 Å². The molecule has 1 aromatic rings. The minimum Gasteiger partial charge on any atom is -0.494 e. The Balaban J connectivity index is 2.15. The summed E-state index contributed by atoms with van der Waals surface area (Å²) in [4.78, 5) is 28.6. The third-order valence-electron chi connectivity index (χ3n) is 5.12. The van der Waals surface area contributed by atoms with Crippen molar-refractivity contribution >= 4 is 63.7 Å². The molecule has 2 heterocycles. The molecular weight excluding hydrogens is 462 g/mol. The zero-order valence-electron chi connectivity index (χ0n) is 19.3. The Morgan fingerprint density at radius 2 is 1.91 bits per heavy atom. The molecule has 172 valence electrons. The second-order valence-electron chi connectivity index (χ2n) is 8.41. The zero-order valence-corrected chi connectivity index (χ0v) is 21.8. The van der Waals surface area contributed by atoms with Crippen LogP contribution in [0.5, 0.6) is 5.75 Å². The molecule has 32 heavy (non-hydrogen) atoms. The molecule has 1 aromatic carbocycles. The van der Waals surface area contributed by atoms with E-state index in [1.165, 1.54) is 23.5 Å². The number of fused-ring (bicyclic) bond motifs is 1. The van der Waals surface area contributed by atoms with Gasteiger partial charge in [0, 0.05) is 17.6 Å². The second kappa shape index (κ2) is 10.0. The third-order valence-corrected chi connectivity index (χ3v) is 8.18. The number of thiocarbonyl (C=S) groups is 1. The van der Waals surface area contributed by atoms with Gasteiger partial charge in [0.2, 0.25) is 5.91 Å². The number of benzene rings is 1. The normalized spacial score (nSPS) is 19.7. The van der Waals surface area contributed by atoms with E-state index in [4.69, 9.17) is 21.7 Å². The van der Waals surface area contributed by atoms with Crippen LogP contribution in [-0.4, -0.2) is 35.5 Å². The number of hydrogen-bond donors (Lipinski definition) is 0. The van der Waals surface area contributed by atoms with Crippen molar-refractivity contribution in [2.75, 3.05) is 18.1 Å². The van der Waals surface area contributed by atoms with Crippen molar-refractivity contribution in [1.82, 2.24) is 0 Å². The van der Waals surface area contributed by atoms with Crippen LogP contribution in [0.4, 0.5) is 5.69 Å². The maximum Gasteiger partial charge on any atom is 0.345 e. The first kappa shape index (κ1) is 24.9. The standard InChI is InChI=1S/C24H29NO4S3/c1-7-28-15-9-10-17-16(12-15)20(23-31-13-18(32-23)22(27)29-8-2)21(30)24(5,6)25(17)19(26)11-14(3)4/h9-10,12-14H,7-8,11H2,1-6H3/b23-20+. The average Bonchev–Trinajstić information content (AvgIpc) is 3.19. The summed E-state index contributed by atoms with van der Waals surface area (Å²) in [7, 11) is 0. The van der Waals surface area contributed by atoms with Gasteiger partial charge in [0.05, 0.1) is 33.5 Å². The number of anilines is 1. The van der Waals surface area contributed by atoms with Gasteiger partial charge >= 0.3 is 5.97 Å². The van der Waals surface area contributed by atoms with Gasteiger partial charge in [-0.15, -0.1) is 0 Å². The lowest BCUT2D eigenvalue weighted by molar-refractivity contribution is -0.137. The molecular formula is C24H29NO4S3. The molecule has 0 bridgehead atoms. The van der Waals surface area contributed by atoms with Crippen molar-refractivity contribution in [1.29, 1.82) is 0 Å². The maximum atomic E-state index is 13.3. The van der Waals surface area contributed by atoms with Crippen LogP contribution in [0, 0.1) is 5.92 Å². The number of amides is 1. The van der Waals surface area contributed by atoms with Crippen LogP contribution in [0.3, 0.4) is 0 Å². The fourth-order valence-electron chi connectivity index (χ4n) is 3.74. The molecule has 5 nitrogen and oxygen atoms in total. The number of nitrogens with zero attached hydrogens (tertiary/aromatic N) is 1. The van der Waals surface area contributed by atoms with Crippen molar-refractivity contribution in [3.63, 3.8) is 0 Å². The molecule has 3 rings (SSSR count). The monoisotopic (exact) mass is 491 g/mol. The van der Waals surface area contributed by atoms with E-state index in [1.807, 2.05) is 63.1 Å². The summed E-state index contributed by atoms with van der Waals surface area (Å²) in [5.74, 6) is 0.655. The van der Waals surface area contributed by atoms with Crippen molar-refractivity contribution < 1.29 is 19.1 Å². The SMILES string of the molecule is CCOC(=O)C1=CS/C(=C2\C(=S)C(C)(C)N(C(=O)CC(C)C)c3ccc(OCC)cc32)S1. The van der Waals surface area contributed by atoms with E-state index >= 15 is 0 Å². The lowest BCUT2D eigenvalue weighted by Crippen LogP contribution is -2.56. The summed E-state index contributed by atoms with van der Waals surface area (Å²) in [5, 5.41) is 1.81. The van der Waals surface area contributed by atoms with Crippen LogP contribution in [-0.2, 0) is 14.3 Å². The van der Waals surface area contributed by atoms with E-state index in [1.54, 1.807) is 6.92 Å². The molecule has 0 radical (unpaired) electrons. The Morgan fingerprint density at radius 3 is 2.53 bits per heavy atom. The fourth-order valence-corrected chi connectivity index (χ4v) is 6.42. The first-order valence-electron chi connectivity index (χ1n) is 10.7. The lowest BCUT2D eigenvalue weighted by atomic mass is 9.82. The van der Waals surface area contributed by atoms with Crippen LogP contribution in [0.2, 0.25) is 0 Å². The Bertz CT molecular complexity index is 1010. The number of esters is 1. The van der Waals surface area contributed by atoms with Crippen molar-refractivity contribution in [3.8, 4) is 5.75 Å². The Labute approximate surface area is 204 Å². The molecule has 0 saturated heterocycles. The number of carbonyl (C=O) groups excluding carboxylic acids is 2. The maximum absolute atomic E-state index is 13.3. The minimum absolute atomic E-state index is 0.0406. The van der Waals surface area contributed by atoms with Crippen LogP contribution in [0.25, 0.3) is 5.57 Å². The predicted molar refractivity (Wildman–Crippen MR) is 138 cm³/mol. The average molecular weight is 492 g/mol. The zero-order chi connectivity index (χ0) is 23.6. The molecule has 0 aromatic heterocycles. The highest BCUT2D eigenvalue weighted by molar-refractivity contribution is 8.28. The van der Waals surface area contributed by atoms with E-state index in [0.717, 1.165) is 26.8 Å². The van der Waals surface area contributed by atoms with Crippen molar-refractivity contribution in [2.24, 2.45) is 5.92 Å². The van der Waals surface area contributed by atoms with E-state index in [0.29, 0.717) is 29.4 Å². The van der Waals surface area contributed by atoms with E-state index < -0.39 is 5.54 Å². The summed E-state index contributed by atoms with van der Waals surface area (Å²) in [5.41, 5.74) is 1.84. The molecule has 0 aliphatic carbocycles. The Hall–Kier alpha value is -1.77. The molecule has 0 fully saturated rings. The van der Waals surface area contributed by atoms with Crippen LogP contribution in [0.1, 0.15) is 53.5 Å². The first-order valence-corrected chi connectivity index (χ1v) is 12.8. The van der Waals surface area contributed by atoms with Gasteiger partial charge in [-0.05, 0) is 57.2 Å². The third kappa shape index (κ3) is 4.77. The van der Waals surface area contributed by atoms with Crippen molar-refractivity contribution in [3.05, 3.63) is 38.3 Å². The summed E-state index contributed by atoms with van der Waals surface area (Å²) in [6.07, 6.45) is 0.433. The highest BCUT2D eigenvalue weighted by Crippen LogP contribution is 2.53. The first-order chi connectivity index (χ1) is 15.1. The molecule has 0 spiro atoms. The molecule has 1 amide bonds. The molecule has 0 saturated carbocycles. The number of hydrogen-bond acceptors (Lipinski definition) is 7. The van der Waals surface area contributed by atoms with Gasteiger partial charge in [-0.25, -0.2) is 4.79 Å². The summed E-state index contributed by atoms with van der Waals surface area (Å²) in [6, 6.07) is 5.77. The minimum atomic E-state index is -0.697. The number of ether oxygens (including phenoxy) is 2. The van der Waals surface area contributed by atoms with Crippen LogP contribution in [0.15, 0.2) is 32.7 Å². The van der Waals surface area contributed by atoms with Crippen LogP contribution >= 0.6 is 35.7 Å². The number of thioether (sulfide) groups is 2. The molecule has 0 atom stereocenters. The smallest absolute Gasteiger partial charge is 0.345 e. The Morgan fingerprint density at radius 1 is 1.19 bits per heavy atom. The molecule has 2 aliphatic rings. The summed E-state index contributed by atoms with van der Waals surface area (Å²) in [6.45, 7) is 12.6. The van der Waals surface area contributed by atoms with E-state index in [-0.39, 0.29) is 17.8 Å². The van der Waals surface area contributed by atoms with E-state index in [2.05, 4.69) is 0 Å². The molecule has 0 unspecified atom stereocenters. The van der Waals surface area contributed by atoms with Crippen LogP contribution < -0.4 is 9.64 Å². The summed E-state index contributed by atoms with van der Waals surface area (Å²) >= 11 is 8.83. The van der Waals surface area contributed by atoms with E-state index in [9.17, 15) is 9.59 Å². The highest BCUT2D eigenvalue weighted by atomic mass is 32.2. The van der Waals surface area contributed by atoms with Gasteiger partial charge in [-0.3, -0.25) is 4.79 Å². The quantitative estimate of drug-likeness (QED) is 0.267. The molecule has 8 heteroatoms. The predicted octanol–water partition coefficient (Wildman–Crippen LogP) is 6.18. The lowest BCUT2D eigenvalue weighted by Gasteiger charge is -2.45. The topological polar surface area (TPSA) is 55.8 Å². The van der Waals surface area contributed by atoms with Gasteiger partial charge in [0.15, 0.2) is 0 Å². The largest absolute Gasteiger partial charge is 0.494 e. The number of rotatable bonds is 6. The van der Waals surface area contributed by atoms with Crippen molar-refractivity contribution in [2.45, 2.75) is 53.5 Å². The van der Waals surface area contributed by atoms with Gasteiger partial charge in [0.25, 0.3) is 0 Å². The molecule has 2 aliphatic heterocycles. The fraction of sp³-hybridized carbons (Fsp3) is 0.458. The molecule has 0 N–H and O–H groups in total. The highest BCUT2D eigenvalue weighted by Gasteiger charge is 2.45. The van der Waals surface area contributed by atoms with Gasteiger partial charge in [-0.2, -0.15) is 0 Å². The Kier molecular flexibility index (Phi) is 7.78. The van der Waals surface area contributed by atoms with Gasteiger partial charge < -0.3 is 14.4 Å². The summed E-state index contributed by atoms with van der Waals surface area (Å²) < 4.78 is 11.8. The number of carbonyl (C=O) groups is 2. The second-order valence-corrected chi connectivity index (χ2v) is 11.0. The van der Waals surface area contributed by atoms with Gasteiger partial charge in [-0.1, -0.05) is 49.6 Å².